The Hall–Kier alpha value is -1.51. The number of aryl methyl sites for hydroxylation is 1. The molecule has 1 aliphatic rings. The molecule has 1 atom stereocenters. The van der Waals surface area contributed by atoms with Gasteiger partial charge in [0.1, 0.15) is 0 Å². The zero-order valence-electron chi connectivity index (χ0n) is 13.2. The number of likely N-dealkylation sites (tertiary alicyclic amines) is 1. The standard InChI is InChI=1S/C18H28N2O/c1-2-4-15-5-3-13-20(14-12-15)18(21)11-8-16-6-9-17(19)10-7-16/h6-7,9-10,15H,2-5,8,11-14,19H2,1H3. The molecule has 1 amide bonds. The molecule has 0 saturated carbocycles. The molecule has 3 nitrogen and oxygen atoms in total. The molecular formula is C18H28N2O. The van der Waals surface area contributed by atoms with E-state index < -0.39 is 0 Å². The number of hydrogen-bond donors (Lipinski definition) is 1. The Balaban J connectivity index is 1.79. The lowest BCUT2D eigenvalue weighted by atomic mass is 9.96. The van der Waals surface area contributed by atoms with E-state index in [1.54, 1.807) is 0 Å². The van der Waals surface area contributed by atoms with Crippen LogP contribution < -0.4 is 5.73 Å². The van der Waals surface area contributed by atoms with E-state index in [4.69, 9.17) is 5.73 Å². The number of amides is 1. The highest BCUT2D eigenvalue weighted by Crippen LogP contribution is 2.22. The van der Waals surface area contributed by atoms with Gasteiger partial charge in [0, 0.05) is 25.2 Å². The topological polar surface area (TPSA) is 46.3 Å². The third-order valence-corrected chi connectivity index (χ3v) is 4.50. The number of hydrogen-bond acceptors (Lipinski definition) is 2. The van der Waals surface area contributed by atoms with E-state index in [1.165, 1.54) is 31.2 Å². The Bertz CT molecular complexity index is 441. The highest BCUT2D eigenvalue weighted by Gasteiger charge is 2.19. The van der Waals surface area contributed by atoms with Crippen molar-refractivity contribution in [1.29, 1.82) is 0 Å². The molecule has 2 N–H and O–H groups in total. The largest absolute Gasteiger partial charge is 0.399 e. The van der Waals surface area contributed by atoms with Gasteiger partial charge in [-0.15, -0.1) is 0 Å². The van der Waals surface area contributed by atoms with Crippen molar-refractivity contribution in [3.05, 3.63) is 29.8 Å². The summed E-state index contributed by atoms with van der Waals surface area (Å²) in [5.41, 5.74) is 7.65. The second kappa shape index (κ2) is 8.06. The fourth-order valence-electron chi connectivity index (χ4n) is 3.21. The van der Waals surface area contributed by atoms with Crippen molar-refractivity contribution >= 4 is 11.6 Å². The molecule has 1 aromatic carbocycles. The first-order chi connectivity index (χ1) is 10.2. The zero-order chi connectivity index (χ0) is 15.1. The third-order valence-electron chi connectivity index (χ3n) is 4.50. The molecule has 21 heavy (non-hydrogen) atoms. The van der Waals surface area contributed by atoms with Crippen LogP contribution in [0.4, 0.5) is 5.69 Å². The number of benzene rings is 1. The first-order valence-electron chi connectivity index (χ1n) is 8.31. The van der Waals surface area contributed by atoms with Gasteiger partial charge in [-0.25, -0.2) is 0 Å². The molecule has 116 valence electrons. The minimum absolute atomic E-state index is 0.309. The Morgan fingerprint density at radius 3 is 2.71 bits per heavy atom. The summed E-state index contributed by atoms with van der Waals surface area (Å²) in [6.07, 6.45) is 7.63. The monoisotopic (exact) mass is 288 g/mol. The Kier molecular flexibility index (Phi) is 6.09. The van der Waals surface area contributed by atoms with Crippen LogP contribution in [0.2, 0.25) is 0 Å². The second-order valence-electron chi connectivity index (χ2n) is 6.21. The first kappa shape index (κ1) is 15.9. The smallest absolute Gasteiger partial charge is 0.222 e. The molecule has 1 saturated heterocycles. The summed E-state index contributed by atoms with van der Waals surface area (Å²) in [6.45, 7) is 4.15. The molecule has 0 bridgehead atoms. The lowest BCUT2D eigenvalue weighted by molar-refractivity contribution is -0.131. The summed E-state index contributed by atoms with van der Waals surface area (Å²) >= 11 is 0. The molecule has 2 rings (SSSR count). The summed E-state index contributed by atoms with van der Waals surface area (Å²) in [6, 6.07) is 7.84. The van der Waals surface area contributed by atoms with Gasteiger partial charge in [0.05, 0.1) is 0 Å². The van der Waals surface area contributed by atoms with E-state index in [0.29, 0.717) is 12.3 Å². The van der Waals surface area contributed by atoms with Crippen molar-refractivity contribution in [3.8, 4) is 0 Å². The lowest BCUT2D eigenvalue weighted by Crippen LogP contribution is -2.32. The number of carbonyl (C=O) groups is 1. The number of rotatable bonds is 5. The molecule has 0 spiro atoms. The average Bonchev–Trinajstić information content (AvgIpc) is 2.72. The molecule has 3 heteroatoms. The Morgan fingerprint density at radius 1 is 1.24 bits per heavy atom. The SMILES string of the molecule is CCCC1CCCN(C(=O)CCc2ccc(N)cc2)CC1. The maximum Gasteiger partial charge on any atom is 0.222 e. The van der Waals surface area contributed by atoms with E-state index >= 15 is 0 Å². The van der Waals surface area contributed by atoms with Gasteiger partial charge >= 0.3 is 0 Å². The molecule has 0 radical (unpaired) electrons. The minimum Gasteiger partial charge on any atom is -0.399 e. The Labute approximate surface area is 128 Å². The maximum atomic E-state index is 12.4. The van der Waals surface area contributed by atoms with Crippen molar-refractivity contribution in [2.45, 2.75) is 51.9 Å². The van der Waals surface area contributed by atoms with Crippen molar-refractivity contribution < 1.29 is 4.79 Å². The summed E-state index contributed by atoms with van der Waals surface area (Å²) in [4.78, 5) is 14.4. The van der Waals surface area contributed by atoms with Crippen molar-refractivity contribution in [3.63, 3.8) is 0 Å². The summed E-state index contributed by atoms with van der Waals surface area (Å²) in [5, 5.41) is 0. The van der Waals surface area contributed by atoms with Crippen molar-refractivity contribution in [1.82, 2.24) is 4.90 Å². The van der Waals surface area contributed by atoms with Crippen LogP contribution in [-0.4, -0.2) is 23.9 Å². The van der Waals surface area contributed by atoms with Crippen molar-refractivity contribution in [2.75, 3.05) is 18.8 Å². The van der Waals surface area contributed by atoms with Gasteiger partial charge in [0.15, 0.2) is 0 Å². The molecular weight excluding hydrogens is 260 g/mol. The van der Waals surface area contributed by atoms with Crippen LogP contribution in [0.25, 0.3) is 0 Å². The first-order valence-corrected chi connectivity index (χ1v) is 8.31. The summed E-state index contributed by atoms with van der Waals surface area (Å²) in [5.74, 6) is 1.13. The Morgan fingerprint density at radius 2 is 2.00 bits per heavy atom. The van der Waals surface area contributed by atoms with Gasteiger partial charge in [-0.2, -0.15) is 0 Å². The molecule has 0 aromatic heterocycles. The van der Waals surface area contributed by atoms with Crippen LogP contribution in [0.1, 0.15) is 51.0 Å². The summed E-state index contributed by atoms with van der Waals surface area (Å²) < 4.78 is 0. The second-order valence-corrected chi connectivity index (χ2v) is 6.21. The van der Waals surface area contributed by atoms with Crippen LogP contribution in [0, 0.1) is 5.92 Å². The number of carbonyl (C=O) groups excluding carboxylic acids is 1. The summed E-state index contributed by atoms with van der Waals surface area (Å²) in [7, 11) is 0. The molecule has 1 heterocycles. The number of nitrogens with two attached hydrogens (primary N) is 1. The average molecular weight is 288 g/mol. The van der Waals surface area contributed by atoms with Gasteiger partial charge in [0.25, 0.3) is 0 Å². The van der Waals surface area contributed by atoms with Crippen molar-refractivity contribution in [2.24, 2.45) is 5.92 Å². The van der Waals surface area contributed by atoms with Gasteiger partial charge in [-0.1, -0.05) is 31.9 Å². The maximum absolute atomic E-state index is 12.4. The fourth-order valence-corrected chi connectivity index (χ4v) is 3.21. The molecule has 1 fully saturated rings. The van der Waals surface area contributed by atoms with E-state index in [2.05, 4.69) is 11.8 Å². The van der Waals surface area contributed by atoms with Crippen LogP contribution in [-0.2, 0) is 11.2 Å². The van der Waals surface area contributed by atoms with Gasteiger partial charge in [-0.3, -0.25) is 4.79 Å². The predicted octanol–water partition coefficient (Wildman–Crippen LogP) is 3.63. The van der Waals surface area contributed by atoms with Crippen LogP contribution >= 0.6 is 0 Å². The quantitative estimate of drug-likeness (QED) is 0.841. The highest BCUT2D eigenvalue weighted by molar-refractivity contribution is 5.76. The highest BCUT2D eigenvalue weighted by atomic mass is 16.2. The van der Waals surface area contributed by atoms with Crippen LogP contribution in [0.3, 0.4) is 0 Å². The molecule has 1 unspecified atom stereocenters. The molecule has 1 aliphatic heterocycles. The normalized spacial score (nSPS) is 19.3. The third kappa shape index (κ3) is 5.07. The lowest BCUT2D eigenvalue weighted by Gasteiger charge is -2.20. The van der Waals surface area contributed by atoms with Gasteiger partial charge in [0.2, 0.25) is 5.91 Å². The zero-order valence-corrected chi connectivity index (χ0v) is 13.2. The molecule has 1 aromatic rings. The van der Waals surface area contributed by atoms with E-state index in [1.807, 2.05) is 24.3 Å². The van der Waals surface area contributed by atoms with Crippen LogP contribution in [0.15, 0.2) is 24.3 Å². The van der Waals surface area contributed by atoms with E-state index in [9.17, 15) is 4.79 Å². The fraction of sp³-hybridized carbons (Fsp3) is 0.611. The predicted molar refractivity (Wildman–Crippen MR) is 88.0 cm³/mol. The molecule has 0 aliphatic carbocycles. The number of nitrogens with zero attached hydrogens (tertiary/aromatic N) is 1. The van der Waals surface area contributed by atoms with E-state index in [0.717, 1.165) is 37.5 Å². The number of anilines is 1. The van der Waals surface area contributed by atoms with Gasteiger partial charge < -0.3 is 10.6 Å². The number of nitrogen functional groups attached to an aromatic ring is 1. The van der Waals surface area contributed by atoms with Crippen LogP contribution in [0.5, 0.6) is 0 Å². The minimum atomic E-state index is 0.309. The van der Waals surface area contributed by atoms with E-state index in [-0.39, 0.29) is 0 Å². The van der Waals surface area contributed by atoms with Gasteiger partial charge in [-0.05, 0) is 49.3 Å².